The van der Waals surface area contributed by atoms with E-state index in [9.17, 15) is 75.7 Å². The summed E-state index contributed by atoms with van der Waals surface area (Å²) in [6.45, 7) is -1.42. The van der Waals surface area contributed by atoms with Crippen molar-refractivity contribution in [3.63, 3.8) is 0 Å². The molecule has 0 aliphatic carbocycles. The van der Waals surface area contributed by atoms with Gasteiger partial charge in [-0.2, -0.15) is 0 Å². The minimum Gasteiger partial charge on any atom is -0.394 e. The first kappa shape index (κ1) is 46.1. The van der Waals surface area contributed by atoms with Gasteiger partial charge in [0.1, 0.15) is 91.4 Å². The van der Waals surface area contributed by atoms with Crippen molar-refractivity contribution in [3.05, 3.63) is 0 Å². The molecule has 3 heterocycles. The van der Waals surface area contributed by atoms with Crippen LogP contribution in [0.4, 0.5) is 0 Å². The molecular weight excluding hydrogens is 738 g/mol. The summed E-state index contributed by atoms with van der Waals surface area (Å²) < 4.78 is 34.3. The van der Waals surface area contributed by atoms with Crippen molar-refractivity contribution in [1.82, 2.24) is 16.0 Å². The Labute approximate surface area is 308 Å². The van der Waals surface area contributed by atoms with Gasteiger partial charge in [0.2, 0.25) is 17.7 Å². The van der Waals surface area contributed by atoms with Crippen LogP contribution in [-0.4, -0.2) is 228 Å². The second-order valence-corrected chi connectivity index (χ2v) is 13.1. The minimum atomic E-state index is -2.07. The third-order valence-corrected chi connectivity index (χ3v) is 9.07. The number of amides is 3. The molecule has 0 saturated carbocycles. The van der Waals surface area contributed by atoms with Gasteiger partial charge in [-0.15, -0.1) is 0 Å². The van der Waals surface area contributed by atoms with Crippen molar-refractivity contribution >= 4 is 17.7 Å². The molecule has 24 nitrogen and oxygen atoms in total. The lowest BCUT2D eigenvalue weighted by Crippen LogP contribution is -2.70. The van der Waals surface area contributed by atoms with Gasteiger partial charge >= 0.3 is 0 Å². The Morgan fingerprint density at radius 3 is 1.59 bits per heavy atom. The fraction of sp³-hybridized carbons (Fsp3) is 0.900. The number of hydrogen-bond donors (Lipinski definition) is 15. The molecule has 0 spiro atoms. The Hall–Kier alpha value is -2.31. The maximum absolute atomic E-state index is 12.3. The van der Waals surface area contributed by atoms with Gasteiger partial charge in [-0.25, -0.2) is 0 Å². The largest absolute Gasteiger partial charge is 0.394 e. The standard InChI is InChI=1S/C30H53N3O21/c1-9(39)31-12(4-34)25(19(43)13(42)5-35)52-29-18(33-11(3)41)23(47)26(16(8-38)51-29)53-30-24(48)27(21(45)15(7-37)50-30)54-28-17(32-10(2)40)22(46)20(44)14(6-36)49-28/h12-30,34-38,42-48H,4-8H2,1-3H3,(H,31,39)(H,32,40)(H,33,41)/t12-,13+,14+,15+,16+,17+,18+,19-,20+,21-,22+,23+,24+,25-,26+,27-,28-,29-,30-/m0/s1. The summed E-state index contributed by atoms with van der Waals surface area (Å²) in [6, 6.07) is -4.65. The number of ether oxygens (including phenoxy) is 6. The van der Waals surface area contributed by atoms with E-state index < -0.39 is 167 Å². The van der Waals surface area contributed by atoms with Crippen molar-refractivity contribution in [2.45, 2.75) is 137 Å². The van der Waals surface area contributed by atoms with Crippen LogP contribution in [0, 0.1) is 0 Å². The van der Waals surface area contributed by atoms with Gasteiger partial charge in [-0.3, -0.25) is 14.4 Å². The molecule has 3 amide bonds. The Morgan fingerprint density at radius 1 is 0.593 bits per heavy atom. The molecule has 3 saturated heterocycles. The zero-order valence-corrected chi connectivity index (χ0v) is 29.5. The fourth-order valence-electron chi connectivity index (χ4n) is 6.35. The summed E-state index contributed by atoms with van der Waals surface area (Å²) in [5, 5.41) is 132. The van der Waals surface area contributed by atoms with Gasteiger partial charge in [-0.1, -0.05) is 0 Å². The van der Waals surface area contributed by atoms with E-state index in [2.05, 4.69) is 16.0 Å². The lowest BCUT2D eigenvalue weighted by Gasteiger charge is -2.49. The topological polar surface area (TPSA) is 385 Å². The Kier molecular flexibility index (Phi) is 17.7. The van der Waals surface area contributed by atoms with Crippen LogP contribution >= 0.6 is 0 Å². The van der Waals surface area contributed by atoms with Crippen LogP contribution in [0.2, 0.25) is 0 Å². The van der Waals surface area contributed by atoms with Crippen molar-refractivity contribution in [2.24, 2.45) is 0 Å². The molecule has 0 bridgehead atoms. The zero-order chi connectivity index (χ0) is 40.6. The van der Waals surface area contributed by atoms with Crippen LogP contribution in [-0.2, 0) is 42.8 Å². The smallest absolute Gasteiger partial charge is 0.217 e. The first-order chi connectivity index (χ1) is 25.4. The quantitative estimate of drug-likeness (QED) is 0.0650. The Bertz CT molecular complexity index is 1210. The second-order valence-electron chi connectivity index (χ2n) is 13.1. The summed E-state index contributed by atoms with van der Waals surface area (Å²) in [7, 11) is 0. The van der Waals surface area contributed by atoms with Gasteiger partial charge in [-0.05, 0) is 0 Å². The summed E-state index contributed by atoms with van der Waals surface area (Å²) in [4.78, 5) is 36.0. The molecule has 19 atom stereocenters. The van der Waals surface area contributed by atoms with Crippen LogP contribution in [0.1, 0.15) is 20.8 Å². The number of hydrogen-bond acceptors (Lipinski definition) is 21. The van der Waals surface area contributed by atoms with Crippen molar-refractivity contribution < 1.29 is 104 Å². The summed E-state index contributed by atoms with van der Waals surface area (Å²) >= 11 is 0. The van der Waals surface area contributed by atoms with Crippen LogP contribution in [0.5, 0.6) is 0 Å². The molecule has 314 valence electrons. The normalized spacial score (nSPS) is 39.5. The maximum Gasteiger partial charge on any atom is 0.217 e. The highest BCUT2D eigenvalue weighted by Gasteiger charge is 2.55. The Morgan fingerprint density at radius 2 is 1.09 bits per heavy atom. The van der Waals surface area contributed by atoms with E-state index >= 15 is 0 Å². The van der Waals surface area contributed by atoms with Crippen LogP contribution in [0.15, 0.2) is 0 Å². The average molecular weight is 792 g/mol. The molecule has 0 aromatic carbocycles. The average Bonchev–Trinajstić information content (AvgIpc) is 3.12. The van der Waals surface area contributed by atoms with Crippen LogP contribution in [0.3, 0.4) is 0 Å². The first-order valence-electron chi connectivity index (χ1n) is 17.0. The Balaban J connectivity index is 1.93. The molecule has 3 aliphatic rings. The van der Waals surface area contributed by atoms with E-state index in [1.54, 1.807) is 0 Å². The molecule has 0 unspecified atom stereocenters. The van der Waals surface area contributed by atoms with Gasteiger partial charge in [0, 0.05) is 20.8 Å². The van der Waals surface area contributed by atoms with E-state index in [1.165, 1.54) is 0 Å². The lowest BCUT2D eigenvalue weighted by molar-refractivity contribution is -0.371. The van der Waals surface area contributed by atoms with E-state index in [-0.39, 0.29) is 0 Å². The molecule has 3 aliphatic heterocycles. The SMILES string of the molecule is CC(=O)N[C@H]1[C@H](O[C@H]([C@@H](O)[C@H](O)CO)[C@H](CO)NC(C)=O)O[C@H](CO)[C@@H](O[C@@H]2O[C@H](CO)[C@H](O)[C@H](O[C@@H]3O[C@H](CO)[C@@H](O)[C@H](O)[C@H]3NC(C)=O)[C@H]2O)[C@@H]1O. The van der Waals surface area contributed by atoms with Crippen molar-refractivity contribution in [3.8, 4) is 0 Å². The fourth-order valence-corrected chi connectivity index (χ4v) is 6.35. The molecule has 0 radical (unpaired) electrons. The number of carbonyl (C=O) groups excluding carboxylic acids is 3. The first-order valence-corrected chi connectivity index (χ1v) is 17.0. The molecular formula is C30H53N3O21. The van der Waals surface area contributed by atoms with Crippen molar-refractivity contribution in [2.75, 3.05) is 33.0 Å². The molecule has 0 aromatic heterocycles. The summed E-state index contributed by atoms with van der Waals surface area (Å²) in [5.74, 6) is -2.20. The van der Waals surface area contributed by atoms with Crippen LogP contribution in [0.25, 0.3) is 0 Å². The summed E-state index contributed by atoms with van der Waals surface area (Å²) in [5.41, 5.74) is 0. The molecule has 3 rings (SSSR count). The highest BCUT2D eigenvalue weighted by molar-refractivity contribution is 5.74. The third kappa shape index (κ3) is 11.0. The highest BCUT2D eigenvalue weighted by Crippen LogP contribution is 2.33. The zero-order valence-electron chi connectivity index (χ0n) is 29.5. The van der Waals surface area contributed by atoms with Crippen LogP contribution < -0.4 is 16.0 Å². The number of carbonyl (C=O) groups is 3. The molecule has 0 aromatic rings. The van der Waals surface area contributed by atoms with E-state index in [4.69, 9.17) is 28.4 Å². The number of nitrogens with one attached hydrogen (secondary N) is 3. The van der Waals surface area contributed by atoms with E-state index in [1.807, 2.05) is 0 Å². The molecule has 24 heteroatoms. The lowest BCUT2D eigenvalue weighted by atomic mass is 9.94. The second kappa shape index (κ2) is 20.7. The molecule has 15 N–H and O–H groups in total. The van der Waals surface area contributed by atoms with E-state index in [0.29, 0.717) is 0 Å². The van der Waals surface area contributed by atoms with Gasteiger partial charge < -0.3 is 106 Å². The number of rotatable bonds is 17. The molecule has 3 fully saturated rings. The predicted molar refractivity (Wildman–Crippen MR) is 171 cm³/mol. The number of aliphatic hydroxyl groups excluding tert-OH is 12. The monoisotopic (exact) mass is 791 g/mol. The van der Waals surface area contributed by atoms with Gasteiger partial charge in [0.05, 0.1) is 39.1 Å². The predicted octanol–water partition coefficient (Wildman–Crippen LogP) is -9.68. The third-order valence-electron chi connectivity index (χ3n) is 9.07. The molecule has 54 heavy (non-hydrogen) atoms. The van der Waals surface area contributed by atoms with Gasteiger partial charge in [0.25, 0.3) is 0 Å². The van der Waals surface area contributed by atoms with E-state index in [0.717, 1.165) is 20.8 Å². The summed E-state index contributed by atoms with van der Waals surface area (Å²) in [6.07, 6.45) is -28.9. The maximum atomic E-state index is 12.3. The van der Waals surface area contributed by atoms with Crippen molar-refractivity contribution in [1.29, 1.82) is 0 Å². The highest BCUT2D eigenvalue weighted by atomic mass is 16.8. The number of aliphatic hydroxyl groups is 12. The minimum absolute atomic E-state index is 0.708. The van der Waals surface area contributed by atoms with Gasteiger partial charge in [0.15, 0.2) is 18.9 Å².